The Bertz CT molecular complexity index is 366. The molecule has 1 aliphatic rings. The Labute approximate surface area is 109 Å². The molecule has 0 bridgehead atoms. The fraction of sp³-hybridized carbons (Fsp3) is 0.769. The maximum Gasteiger partial charge on any atom is 0.0620 e. The van der Waals surface area contributed by atoms with E-state index in [1.54, 1.807) is 0 Å². The maximum absolute atomic E-state index is 5.96. The number of morpholine rings is 1. The first-order chi connectivity index (χ1) is 8.76. The van der Waals surface area contributed by atoms with Crippen LogP contribution < -0.4 is 5.73 Å². The molecule has 0 spiro atoms. The molecule has 1 saturated heterocycles. The lowest BCUT2D eigenvalue weighted by Crippen LogP contribution is -2.47. The molecule has 2 atom stereocenters. The Kier molecular flexibility index (Phi) is 4.74. The summed E-state index contributed by atoms with van der Waals surface area (Å²) in [7, 11) is 0. The second-order valence-electron chi connectivity index (χ2n) is 4.95. The number of hydrogen-bond donors (Lipinski definition) is 1. The topological polar surface area (TPSA) is 56.3 Å². The zero-order valence-corrected chi connectivity index (χ0v) is 11.4. The average molecular weight is 252 g/mol. The van der Waals surface area contributed by atoms with Gasteiger partial charge >= 0.3 is 0 Å². The molecule has 0 aliphatic carbocycles. The quantitative estimate of drug-likeness (QED) is 0.850. The first-order valence-electron chi connectivity index (χ1n) is 6.82. The standard InChI is InChI=1S/C13H24N4O/c1-3-4-16-9-12(8-15-16)13(7-14)17-5-6-18-10-11(17)2/h8-9,11,13H,3-7,10,14H2,1-2H3. The van der Waals surface area contributed by atoms with Crippen molar-refractivity contribution in [2.75, 3.05) is 26.3 Å². The predicted octanol–water partition coefficient (Wildman–Crippen LogP) is 1.01. The highest BCUT2D eigenvalue weighted by Crippen LogP contribution is 2.23. The minimum Gasteiger partial charge on any atom is -0.379 e. The van der Waals surface area contributed by atoms with Gasteiger partial charge in [-0.3, -0.25) is 9.58 Å². The molecule has 0 saturated carbocycles. The molecule has 102 valence electrons. The van der Waals surface area contributed by atoms with E-state index in [4.69, 9.17) is 10.5 Å². The molecule has 2 rings (SSSR count). The summed E-state index contributed by atoms with van der Waals surface area (Å²) in [5, 5.41) is 4.40. The summed E-state index contributed by atoms with van der Waals surface area (Å²) in [5.74, 6) is 0. The summed E-state index contributed by atoms with van der Waals surface area (Å²) in [6, 6.07) is 0.677. The summed E-state index contributed by atoms with van der Waals surface area (Å²) in [4.78, 5) is 2.43. The lowest BCUT2D eigenvalue weighted by atomic mass is 10.1. The van der Waals surface area contributed by atoms with Gasteiger partial charge < -0.3 is 10.5 Å². The molecule has 0 amide bonds. The van der Waals surface area contributed by atoms with Crippen molar-refractivity contribution in [3.05, 3.63) is 18.0 Å². The van der Waals surface area contributed by atoms with Crippen LogP contribution in [0, 0.1) is 0 Å². The number of hydrogen-bond acceptors (Lipinski definition) is 4. The van der Waals surface area contributed by atoms with Gasteiger partial charge in [-0.05, 0) is 13.3 Å². The number of nitrogens with zero attached hydrogens (tertiary/aromatic N) is 3. The molecule has 2 heterocycles. The van der Waals surface area contributed by atoms with Crippen LogP contribution in [0.5, 0.6) is 0 Å². The molecule has 5 heteroatoms. The van der Waals surface area contributed by atoms with E-state index in [0.29, 0.717) is 12.6 Å². The monoisotopic (exact) mass is 252 g/mol. The zero-order valence-electron chi connectivity index (χ0n) is 11.4. The van der Waals surface area contributed by atoms with Crippen LogP contribution in [0.25, 0.3) is 0 Å². The van der Waals surface area contributed by atoms with Crippen molar-refractivity contribution in [2.45, 2.75) is 38.9 Å². The van der Waals surface area contributed by atoms with E-state index >= 15 is 0 Å². The molecular weight excluding hydrogens is 228 g/mol. The highest BCUT2D eigenvalue weighted by Gasteiger charge is 2.27. The fourth-order valence-electron chi connectivity index (χ4n) is 2.57. The lowest BCUT2D eigenvalue weighted by Gasteiger charge is -2.38. The lowest BCUT2D eigenvalue weighted by molar-refractivity contribution is -0.0209. The third-order valence-electron chi connectivity index (χ3n) is 3.53. The number of aromatic nitrogens is 2. The SMILES string of the molecule is CCCn1cc(C(CN)N2CCOCC2C)cn1. The minimum atomic E-state index is 0.259. The summed E-state index contributed by atoms with van der Waals surface area (Å²) >= 11 is 0. The molecule has 1 fully saturated rings. The van der Waals surface area contributed by atoms with Gasteiger partial charge in [0, 0.05) is 37.4 Å². The molecule has 2 N–H and O–H groups in total. The molecule has 1 aliphatic heterocycles. The van der Waals surface area contributed by atoms with Crippen LogP contribution in [0.15, 0.2) is 12.4 Å². The molecule has 18 heavy (non-hydrogen) atoms. The third-order valence-corrected chi connectivity index (χ3v) is 3.53. The zero-order chi connectivity index (χ0) is 13.0. The van der Waals surface area contributed by atoms with Crippen LogP contribution in [-0.2, 0) is 11.3 Å². The average Bonchev–Trinajstić information content (AvgIpc) is 2.82. The number of nitrogens with two attached hydrogens (primary N) is 1. The molecule has 1 aromatic rings. The number of ether oxygens (including phenoxy) is 1. The van der Waals surface area contributed by atoms with Crippen molar-refractivity contribution < 1.29 is 4.74 Å². The molecule has 1 aromatic heterocycles. The van der Waals surface area contributed by atoms with E-state index in [9.17, 15) is 0 Å². The maximum atomic E-state index is 5.96. The van der Waals surface area contributed by atoms with Gasteiger partial charge in [-0.2, -0.15) is 5.10 Å². The Morgan fingerprint density at radius 2 is 2.44 bits per heavy atom. The minimum absolute atomic E-state index is 0.259. The summed E-state index contributed by atoms with van der Waals surface area (Å²) < 4.78 is 7.49. The van der Waals surface area contributed by atoms with Crippen LogP contribution in [-0.4, -0.2) is 47.0 Å². The van der Waals surface area contributed by atoms with E-state index in [0.717, 1.165) is 32.7 Å². The van der Waals surface area contributed by atoms with E-state index in [-0.39, 0.29) is 6.04 Å². The van der Waals surface area contributed by atoms with E-state index in [1.165, 1.54) is 5.56 Å². The van der Waals surface area contributed by atoms with Gasteiger partial charge in [0.05, 0.1) is 25.5 Å². The highest BCUT2D eigenvalue weighted by atomic mass is 16.5. The second-order valence-corrected chi connectivity index (χ2v) is 4.95. The van der Waals surface area contributed by atoms with Crippen LogP contribution >= 0.6 is 0 Å². The number of rotatable bonds is 5. The molecular formula is C13H24N4O. The second kappa shape index (κ2) is 6.31. The van der Waals surface area contributed by atoms with Crippen molar-refractivity contribution in [2.24, 2.45) is 5.73 Å². The van der Waals surface area contributed by atoms with Gasteiger partial charge in [-0.15, -0.1) is 0 Å². The highest BCUT2D eigenvalue weighted by molar-refractivity contribution is 5.12. The van der Waals surface area contributed by atoms with Gasteiger partial charge in [0.1, 0.15) is 0 Å². The Balaban J connectivity index is 2.10. The normalized spacial score (nSPS) is 23.2. The summed E-state index contributed by atoms with van der Waals surface area (Å²) in [6.45, 7) is 8.48. The Morgan fingerprint density at radius 1 is 1.61 bits per heavy atom. The predicted molar refractivity (Wildman–Crippen MR) is 71.3 cm³/mol. The smallest absolute Gasteiger partial charge is 0.0620 e. The summed E-state index contributed by atoms with van der Waals surface area (Å²) in [5.41, 5.74) is 7.18. The molecule has 5 nitrogen and oxygen atoms in total. The van der Waals surface area contributed by atoms with Crippen molar-refractivity contribution >= 4 is 0 Å². The van der Waals surface area contributed by atoms with Crippen molar-refractivity contribution in [3.63, 3.8) is 0 Å². The van der Waals surface area contributed by atoms with E-state index < -0.39 is 0 Å². The van der Waals surface area contributed by atoms with E-state index in [1.807, 2.05) is 10.9 Å². The van der Waals surface area contributed by atoms with Crippen LogP contribution in [0.1, 0.15) is 31.9 Å². The van der Waals surface area contributed by atoms with Gasteiger partial charge in [0.2, 0.25) is 0 Å². The largest absolute Gasteiger partial charge is 0.379 e. The first-order valence-corrected chi connectivity index (χ1v) is 6.82. The van der Waals surface area contributed by atoms with Crippen LogP contribution in [0.3, 0.4) is 0 Å². The number of aryl methyl sites for hydroxylation is 1. The van der Waals surface area contributed by atoms with Gasteiger partial charge in [-0.1, -0.05) is 6.92 Å². The molecule has 0 radical (unpaired) electrons. The Hall–Kier alpha value is -0.910. The molecule has 2 unspecified atom stereocenters. The first kappa shape index (κ1) is 13.5. The fourth-order valence-corrected chi connectivity index (χ4v) is 2.57. The van der Waals surface area contributed by atoms with E-state index in [2.05, 4.69) is 30.0 Å². The third kappa shape index (κ3) is 2.91. The Morgan fingerprint density at radius 3 is 3.11 bits per heavy atom. The summed E-state index contributed by atoms with van der Waals surface area (Å²) in [6.07, 6.45) is 5.18. The van der Waals surface area contributed by atoms with Crippen LogP contribution in [0.4, 0.5) is 0 Å². The van der Waals surface area contributed by atoms with Crippen molar-refractivity contribution in [1.82, 2.24) is 14.7 Å². The van der Waals surface area contributed by atoms with Gasteiger partial charge in [0.25, 0.3) is 0 Å². The molecule has 0 aromatic carbocycles. The van der Waals surface area contributed by atoms with Crippen molar-refractivity contribution in [3.8, 4) is 0 Å². The van der Waals surface area contributed by atoms with Gasteiger partial charge in [-0.25, -0.2) is 0 Å². The van der Waals surface area contributed by atoms with Gasteiger partial charge in [0.15, 0.2) is 0 Å². The van der Waals surface area contributed by atoms with Crippen molar-refractivity contribution in [1.29, 1.82) is 0 Å². The van der Waals surface area contributed by atoms with Crippen LogP contribution in [0.2, 0.25) is 0 Å².